The molecule has 1 aromatic rings. The summed E-state index contributed by atoms with van der Waals surface area (Å²) in [5, 5.41) is 7.89. The number of carbonyl (C=O) groups excluding carboxylic acids is 2. The number of aliphatic carboxylic acids is 1. The molecule has 1 aromatic carbocycles. The molecule has 0 saturated heterocycles. The highest BCUT2D eigenvalue weighted by Crippen LogP contribution is 2.00. The van der Waals surface area contributed by atoms with E-state index in [9.17, 15) is 14.4 Å². The van der Waals surface area contributed by atoms with E-state index in [1.165, 1.54) is 13.0 Å². The molecule has 0 unspecified atom stereocenters. The van der Waals surface area contributed by atoms with E-state index in [4.69, 9.17) is 9.84 Å². The lowest BCUT2D eigenvalue weighted by atomic mass is 10.2. The number of carboxylic acids is 1. The zero-order valence-corrected chi connectivity index (χ0v) is 15.8. The molecule has 0 fully saturated rings. The van der Waals surface area contributed by atoms with Crippen molar-refractivity contribution in [1.82, 2.24) is 0 Å². The van der Waals surface area contributed by atoms with Gasteiger partial charge in [0.15, 0.2) is 0 Å². The second-order valence-electron chi connectivity index (χ2n) is 5.05. The highest BCUT2D eigenvalue weighted by molar-refractivity contribution is 5.87. The first kappa shape index (κ1) is 25.8. The zero-order valence-electron chi connectivity index (χ0n) is 15.8. The minimum atomic E-state index is -0.935. The largest absolute Gasteiger partial charge is 0.478 e. The third-order valence-corrected chi connectivity index (χ3v) is 2.44. The van der Waals surface area contributed by atoms with E-state index in [2.05, 4.69) is 31.1 Å². The fraction of sp³-hybridized carbons (Fsp3) is 0.190. The third-order valence-electron chi connectivity index (χ3n) is 2.44. The van der Waals surface area contributed by atoms with Gasteiger partial charge in [-0.05, 0) is 19.4 Å². The van der Waals surface area contributed by atoms with Crippen molar-refractivity contribution in [3.05, 3.63) is 85.5 Å². The molecule has 1 rings (SSSR count). The summed E-state index contributed by atoms with van der Waals surface area (Å²) < 4.78 is 9.42. The molecular formula is C21H26O6. The second kappa shape index (κ2) is 16.1. The van der Waals surface area contributed by atoms with Gasteiger partial charge in [0.1, 0.15) is 13.2 Å². The Kier molecular flexibility index (Phi) is 15.4. The summed E-state index contributed by atoms with van der Waals surface area (Å²) in [6.45, 7) is 16.9. The van der Waals surface area contributed by atoms with Crippen LogP contribution < -0.4 is 0 Å². The van der Waals surface area contributed by atoms with Crippen LogP contribution in [0.3, 0.4) is 0 Å². The van der Waals surface area contributed by atoms with Crippen molar-refractivity contribution in [2.75, 3.05) is 6.61 Å². The Bertz CT molecular complexity index is 647. The first-order valence-electron chi connectivity index (χ1n) is 7.81. The lowest BCUT2D eigenvalue weighted by Gasteiger charge is -2.00. The quantitative estimate of drug-likeness (QED) is 0.443. The lowest BCUT2D eigenvalue weighted by molar-refractivity contribution is -0.139. The molecule has 0 heterocycles. The molecule has 0 spiro atoms. The van der Waals surface area contributed by atoms with Crippen LogP contribution in [0.15, 0.2) is 79.9 Å². The first-order valence-corrected chi connectivity index (χ1v) is 7.81. The number of rotatable bonds is 7. The molecule has 0 saturated carbocycles. The van der Waals surface area contributed by atoms with Crippen molar-refractivity contribution in [3.63, 3.8) is 0 Å². The molecule has 0 aliphatic heterocycles. The number of carboxylic acid groups (broad SMARTS) is 1. The minimum Gasteiger partial charge on any atom is -0.478 e. The van der Waals surface area contributed by atoms with Gasteiger partial charge < -0.3 is 14.6 Å². The van der Waals surface area contributed by atoms with Crippen LogP contribution in [-0.2, 0) is 30.5 Å². The normalized spacial score (nSPS) is 8.37. The molecule has 6 nitrogen and oxygen atoms in total. The third kappa shape index (κ3) is 17.2. The van der Waals surface area contributed by atoms with Gasteiger partial charge in [-0.1, -0.05) is 62.7 Å². The summed E-state index contributed by atoms with van der Waals surface area (Å²) >= 11 is 0. The number of benzene rings is 1. The molecule has 6 heteroatoms. The van der Waals surface area contributed by atoms with Crippen LogP contribution in [0.1, 0.15) is 19.4 Å². The summed E-state index contributed by atoms with van der Waals surface area (Å²) in [6, 6.07) is 9.51. The van der Waals surface area contributed by atoms with Gasteiger partial charge >= 0.3 is 17.9 Å². The highest BCUT2D eigenvalue weighted by Gasteiger charge is 1.98. The van der Waals surface area contributed by atoms with Crippen LogP contribution in [0.5, 0.6) is 0 Å². The summed E-state index contributed by atoms with van der Waals surface area (Å²) in [5.41, 5.74) is 1.57. The van der Waals surface area contributed by atoms with Crippen LogP contribution in [-0.4, -0.2) is 29.6 Å². The van der Waals surface area contributed by atoms with Crippen molar-refractivity contribution in [3.8, 4) is 0 Å². The van der Waals surface area contributed by atoms with Crippen molar-refractivity contribution >= 4 is 17.9 Å². The minimum absolute atomic E-state index is 0.176. The maximum Gasteiger partial charge on any atom is 0.333 e. The molecule has 1 N–H and O–H groups in total. The van der Waals surface area contributed by atoms with E-state index in [0.29, 0.717) is 12.2 Å². The van der Waals surface area contributed by atoms with Crippen LogP contribution in [0.4, 0.5) is 0 Å². The van der Waals surface area contributed by atoms with Crippen molar-refractivity contribution in [2.24, 2.45) is 0 Å². The van der Waals surface area contributed by atoms with Gasteiger partial charge in [0, 0.05) is 17.2 Å². The lowest BCUT2D eigenvalue weighted by Crippen LogP contribution is -2.03. The maximum atomic E-state index is 10.6. The number of ether oxygens (including phenoxy) is 2. The van der Waals surface area contributed by atoms with E-state index in [0.717, 1.165) is 11.6 Å². The number of hydrogen-bond donors (Lipinski definition) is 1. The molecular weight excluding hydrogens is 348 g/mol. The smallest absolute Gasteiger partial charge is 0.333 e. The second-order valence-corrected chi connectivity index (χ2v) is 5.05. The van der Waals surface area contributed by atoms with Crippen molar-refractivity contribution in [1.29, 1.82) is 0 Å². The van der Waals surface area contributed by atoms with Gasteiger partial charge in [-0.3, -0.25) is 0 Å². The first-order chi connectivity index (χ1) is 12.6. The van der Waals surface area contributed by atoms with Crippen LogP contribution in [0, 0.1) is 0 Å². The maximum absolute atomic E-state index is 10.6. The van der Waals surface area contributed by atoms with Crippen LogP contribution in [0.2, 0.25) is 0 Å². The average molecular weight is 374 g/mol. The van der Waals surface area contributed by atoms with E-state index in [-0.39, 0.29) is 24.1 Å². The number of esters is 2. The molecule has 0 aliphatic rings. The monoisotopic (exact) mass is 374 g/mol. The average Bonchev–Trinajstić information content (AvgIpc) is 2.65. The van der Waals surface area contributed by atoms with Gasteiger partial charge in [0.05, 0.1) is 0 Å². The van der Waals surface area contributed by atoms with Gasteiger partial charge in [-0.2, -0.15) is 0 Å². The van der Waals surface area contributed by atoms with E-state index in [1.807, 2.05) is 30.3 Å². The van der Waals surface area contributed by atoms with Crippen molar-refractivity contribution < 1.29 is 29.0 Å². The number of carbonyl (C=O) groups is 3. The zero-order chi connectivity index (χ0) is 21.2. The summed E-state index contributed by atoms with van der Waals surface area (Å²) in [7, 11) is 0. The van der Waals surface area contributed by atoms with Gasteiger partial charge in [0.2, 0.25) is 0 Å². The molecule has 0 radical (unpaired) electrons. The van der Waals surface area contributed by atoms with E-state index < -0.39 is 5.97 Å². The number of hydrogen-bond acceptors (Lipinski definition) is 5. The Morgan fingerprint density at radius 1 is 1.00 bits per heavy atom. The topological polar surface area (TPSA) is 89.9 Å². The van der Waals surface area contributed by atoms with Crippen LogP contribution in [0.25, 0.3) is 0 Å². The van der Waals surface area contributed by atoms with Gasteiger partial charge in [-0.25, -0.2) is 14.4 Å². The predicted molar refractivity (Wildman–Crippen MR) is 105 cm³/mol. The fourth-order valence-corrected chi connectivity index (χ4v) is 1.05. The Morgan fingerprint density at radius 2 is 1.52 bits per heavy atom. The molecule has 146 valence electrons. The summed E-state index contributed by atoms with van der Waals surface area (Å²) in [6.07, 6.45) is 2.67. The van der Waals surface area contributed by atoms with E-state index in [1.54, 1.807) is 6.92 Å². The SMILES string of the molecule is C=C(C)C(=O)O.C=CC(=O)OCc1ccccc1.C=CCOC(=O)C(=C)C. The molecule has 0 atom stereocenters. The Balaban J connectivity index is 0. The molecule has 0 aliphatic carbocycles. The summed E-state index contributed by atoms with van der Waals surface area (Å²) in [4.78, 5) is 30.8. The Labute approximate surface area is 160 Å². The highest BCUT2D eigenvalue weighted by atomic mass is 16.5. The van der Waals surface area contributed by atoms with Crippen molar-refractivity contribution in [2.45, 2.75) is 20.5 Å². The van der Waals surface area contributed by atoms with Gasteiger partial charge in [-0.15, -0.1) is 0 Å². The Morgan fingerprint density at radius 3 is 1.89 bits per heavy atom. The molecule has 27 heavy (non-hydrogen) atoms. The standard InChI is InChI=1S/C10H10O2.C7H10O2.C4H6O2/c1-2-10(11)12-8-9-6-4-3-5-7-9;1-4-5-9-7(8)6(2)3;1-3(2)4(5)6/h2-7H,1,8H2;4H,1-2,5H2,3H3;1H2,2H3,(H,5,6). The van der Waals surface area contributed by atoms with Gasteiger partial charge in [0.25, 0.3) is 0 Å². The molecule has 0 aromatic heterocycles. The summed E-state index contributed by atoms with van der Waals surface area (Å²) in [5.74, 6) is -1.69. The van der Waals surface area contributed by atoms with Crippen LogP contribution >= 0.6 is 0 Å². The molecule has 0 amide bonds. The molecule has 0 bridgehead atoms. The fourth-order valence-electron chi connectivity index (χ4n) is 1.05. The Hall–Kier alpha value is -3.41. The predicted octanol–water partition coefficient (Wildman–Crippen LogP) is 3.85. The van der Waals surface area contributed by atoms with E-state index >= 15 is 0 Å².